The second-order valence-corrected chi connectivity index (χ2v) is 7.95. The fourth-order valence-corrected chi connectivity index (χ4v) is 2.97. The van der Waals surface area contributed by atoms with Gasteiger partial charge in [0.1, 0.15) is 11.9 Å². The summed E-state index contributed by atoms with van der Waals surface area (Å²) >= 11 is 0. The molecule has 2 aromatic carbocycles. The molecule has 0 bridgehead atoms. The molecule has 0 heterocycles. The highest BCUT2D eigenvalue weighted by molar-refractivity contribution is 5.87. The Hall–Kier alpha value is -2.69. The largest absolute Gasteiger partial charge is 0.354 e. The quantitative estimate of drug-likeness (QED) is 0.686. The van der Waals surface area contributed by atoms with Gasteiger partial charge in [-0.3, -0.25) is 9.59 Å². The highest BCUT2D eigenvalue weighted by Gasteiger charge is 2.26. The molecule has 156 valence electrons. The van der Waals surface area contributed by atoms with Crippen LogP contribution in [0.15, 0.2) is 48.5 Å². The number of amides is 2. The lowest BCUT2D eigenvalue weighted by Gasteiger charge is -2.29. The summed E-state index contributed by atoms with van der Waals surface area (Å²) in [6, 6.07) is 13.5. The minimum atomic E-state index is -0.607. The van der Waals surface area contributed by atoms with Crippen molar-refractivity contribution < 1.29 is 14.0 Å². The first-order valence-corrected chi connectivity index (χ1v) is 10.1. The van der Waals surface area contributed by atoms with Crippen LogP contribution in [-0.2, 0) is 22.6 Å². The van der Waals surface area contributed by atoms with Crippen LogP contribution in [0.25, 0.3) is 0 Å². The third kappa shape index (κ3) is 7.33. The molecule has 1 N–H and O–H groups in total. The number of carbonyl (C=O) groups excluding carboxylic acids is 2. The maximum Gasteiger partial charge on any atom is 0.242 e. The summed E-state index contributed by atoms with van der Waals surface area (Å²) in [7, 11) is 0. The number of halogens is 1. The van der Waals surface area contributed by atoms with Crippen molar-refractivity contribution in [1.82, 2.24) is 10.2 Å². The third-order valence-electron chi connectivity index (χ3n) is 4.87. The molecule has 0 unspecified atom stereocenters. The number of aryl methyl sites for hydroxylation is 2. The second-order valence-electron chi connectivity index (χ2n) is 7.95. The number of rotatable bonds is 9. The zero-order valence-corrected chi connectivity index (χ0v) is 17.7. The zero-order chi connectivity index (χ0) is 21.4. The van der Waals surface area contributed by atoms with Gasteiger partial charge in [0.25, 0.3) is 0 Å². The second kappa shape index (κ2) is 10.7. The van der Waals surface area contributed by atoms with E-state index in [0.717, 1.165) is 11.1 Å². The summed E-state index contributed by atoms with van der Waals surface area (Å²) in [5, 5.41) is 2.90. The Balaban J connectivity index is 2.10. The Morgan fingerprint density at radius 2 is 1.55 bits per heavy atom. The lowest BCUT2D eigenvalue weighted by Crippen LogP contribution is -2.48. The standard InChI is InChI=1S/C24H31FN2O2/c1-17(2)15-26-24(29)19(4)27(16-21-9-12-22(25)13-10-21)23(28)14-11-20-7-5-18(3)6-8-20/h5-10,12-13,17,19H,11,14-16H2,1-4H3,(H,26,29)/t19-/m1/s1. The number of hydrogen-bond donors (Lipinski definition) is 1. The molecule has 2 aromatic rings. The van der Waals surface area contributed by atoms with E-state index in [2.05, 4.69) is 5.32 Å². The van der Waals surface area contributed by atoms with Gasteiger partial charge in [-0.15, -0.1) is 0 Å². The van der Waals surface area contributed by atoms with Gasteiger partial charge >= 0.3 is 0 Å². The summed E-state index contributed by atoms with van der Waals surface area (Å²) in [6.45, 7) is 8.64. The summed E-state index contributed by atoms with van der Waals surface area (Å²) in [5.74, 6) is -0.269. The topological polar surface area (TPSA) is 49.4 Å². The van der Waals surface area contributed by atoms with Gasteiger partial charge in [0.05, 0.1) is 0 Å². The minimum absolute atomic E-state index is 0.0953. The van der Waals surface area contributed by atoms with Gasteiger partial charge in [0.15, 0.2) is 0 Å². The van der Waals surface area contributed by atoms with E-state index in [0.29, 0.717) is 25.3 Å². The van der Waals surface area contributed by atoms with E-state index in [1.165, 1.54) is 17.7 Å². The van der Waals surface area contributed by atoms with Crippen LogP contribution in [0, 0.1) is 18.7 Å². The molecular weight excluding hydrogens is 367 g/mol. The molecule has 0 saturated heterocycles. The molecule has 0 spiro atoms. The molecule has 2 amide bonds. The van der Waals surface area contributed by atoms with Crippen molar-refractivity contribution in [2.75, 3.05) is 6.54 Å². The maximum atomic E-state index is 13.2. The molecule has 0 aliphatic carbocycles. The Morgan fingerprint density at radius 3 is 2.14 bits per heavy atom. The number of benzene rings is 2. The molecule has 0 aliphatic rings. The molecule has 1 atom stereocenters. The Kier molecular flexibility index (Phi) is 8.37. The molecule has 2 rings (SSSR count). The highest BCUT2D eigenvalue weighted by atomic mass is 19.1. The van der Waals surface area contributed by atoms with Gasteiger partial charge in [0.2, 0.25) is 11.8 Å². The van der Waals surface area contributed by atoms with Crippen molar-refractivity contribution in [3.8, 4) is 0 Å². The van der Waals surface area contributed by atoms with Crippen LogP contribution in [0.3, 0.4) is 0 Å². The van der Waals surface area contributed by atoms with Crippen molar-refractivity contribution in [2.24, 2.45) is 5.92 Å². The highest BCUT2D eigenvalue weighted by Crippen LogP contribution is 2.14. The third-order valence-corrected chi connectivity index (χ3v) is 4.87. The van der Waals surface area contributed by atoms with Gasteiger partial charge in [-0.05, 0) is 49.4 Å². The van der Waals surface area contributed by atoms with Gasteiger partial charge in [-0.1, -0.05) is 55.8 Å². The molecule has 0 radical (unpaired) electrons. The summed E-state index contributed by atoms with van der Waals surface area (Å²) in [6.07, 6.45) is 0.922. The SMILES string of the molecule is Cc1ccc(CCC(=O)N(Cc2ccc(F)cc2)[C@H](C)C(=O)NCC(C)C)cc1. The number of hydrogen-bond acceptors (Lipinski definition) is 2. The Labute approximate surface area is 173 Å². The lowest BCUT2D eigenvalue weighted by atomic mass is 10.1. The number of nitrogens with zero attached hydrogens (tertiary/aromatic N) is 1. The molecular formula is C24H31FN2O2. The van der Waals surface area contributed by atoms with Crippen molar-refractivity contribution in [2.45, 2.75) is 53.1 Å². The van der Waals surface area contributed by atoms with Gasteiger partial charge in [-0.25, -0.2) is 4.39 Å². The van der Waals surface area contributed by atoms with E-state index in [1.54, 1.807) is 24.0 Å². The molecule has 5 heteroatoms. The molecule has 4 nitrogen and oxygen atoms in total. The van der Waals surface area contributed by atoms with Crippen molar-refractivity contribution in [1.29, 1.82) is 0 Å². The van der Waals surface area contributed by atoms with Gasteiger partial charge in [-0.2, -0.15) is 0 Å². The predicted molar refractivity (Wildman–Crippen MR) is 114 cm³/mol. The van der Waals surface area contributed by atoms with E-state index in [-0.39, 0.29) is 24.2 Å². The van der Waals surface area contributed by atoms with E-state index >= 15 is 0 Å². The van der Waals surface area contributed by atoms with Crippen LogP contribution in [0.1, 0.15) is 43.9 Å². The smallest absolute Gasteiger partial charge is 0.242 e. The fourth-order valence-electron chi connectivity index (χ4n) is 2.97. The van der Waals surface area contributed by atoms with Gasteiger partial charge < -0.3 is 10.2 Å². The van der Waals surface area contributed by atoms with Crippen LogP contribution in [0.2, 0.25) is 0 Å². The van der Waals surface area contributed by atoms with Crippen LogP contribution in [0.4, 0.5) is 4.39 Å². The van der Waals surface area contributed by atoms with Crippen molar-refractivity contribution in [3.63, 3.8) is 0 Å². The van der Waals surface area contributed by atoms with E-state index in [1.807, 2.05) is 45.0 Å². The molecule has 0 aliphatic heterocycles. The first-order valence-electron chi connectivity index (χ1n) is 10.1. The van der Waals surface area contributed by atoms with E-state index < -0.39 is 6.04 Å². The van der Waals surface area contributed by atoms with Crippen LogP contribution >= 0.6 is 0 Å². The van der Waals surface area contributed by atoms with E-state index in [9.17, 15) is 14.0 Å². The Bertz CT molecular complexity index is 801. The summed E-state index contributed by atoms with van der Waals surface area (Å²) < 4.78 is 13.2. The predicted octanol–water partition coefficient (Wildman–Crippen LogP) is 4.26. The molecule has 0 fully saturated rings. The van der Waals surface area contributed by atoms with Crippen molar-refractivity contribution in [3.05, 3.63) is 71.0 Å². The fraction of sp³-hybridized carbons (Fsp3) is 0.417. The number of carbonyl (C=O) groups is 2. The molecule has 0 aromatic heterocycles. The zero-order valence-electron chi connectivity index (χ0n) is 17.7. The van der Waals surface area contributed by atoms with Crippen LogP contribution < -0.4 is 5.32 Å². The maximum absolute atomic E-state index is 13.2. The van der Waals surface area contributed by atoms with Crippen molar-refractivity contribution >= 4 is 11.8 Å². The lowest BCUT2D eigenvalue weighted by molar-refractivity contribution is -0.140. The normalized spacial score (nSPS) is 11.9. The number of nitrogens with one attached hydrogen (secondary N) is 1. The van der Waals surface area contributed by atoms with Crippen LogP contribution in [-0.4, -0.2) is 29.3 Å². The average molecular weight is 399 g/mol. The average Bonchev–Trinajstić information content (AvgIpc) is 2.70. The monoisotopic (exact) mass is 398 g/mol. The first-order chi connectivity index (χ1) is 13.8. The summed E-state index contributed by atoms with van der Waals surface area (Å²) in [5.41, 5.74) is 3.05. The van der Waals surface area contributed by atoms with Gasteiger partial charge in [0, 0.05) is 19.5 Å². The minimum Gasteiger partial charge on any atom is -0.354 e. The molecule has 0 saturated carbocycles. The van der Waals surface area contributed by atoms with Crippen LogP contribution in [0.5, 0.6) is 0 Å². The van der Waals surface area contributed by atoms with E-state index in [4.69, 9.17) is 0 Å². The Morgan fingerprint density at radius 1 is 0.966 bits per heavy atom. The molecule has 29 heavy (non-hydrogen) atoms. The first kappa shape index (κ1) is 22.6. The summed E-state index contributed by atoms with van der Waals surface area (Å²) in [4.78, 5) is 27.2.